The number of fused-ring (bicyclic) bond motifs is 1. The summed E-state index contributed by atoms with van der Waals surface area (Å²) in [7, 11) is 1.66. The summed E-state index contributed by atoms with van der Waals surface area (Å²) in [5, 5.41) is 12.0. The molecule has 3 rings (SSSR count). The average molecular weight is 317 g/mol. The third kappa shape index (κ3) is 3.04. The van der Waals surface area contributed by atoms with Crippen LogP contribution in [0, 0.1) is 13.8 Å². The Bertz CT molecular complexity index is 988. The van der Waals surface area contributed by atoms with Crippen LogP contribution in [-0.4, -0.2) is 18.1 Å². The highest BCUT2D eigenvalue weighted by Gasteiger charge is 2.12. The molecule has 4 nitrogen and oxygen atoms in total. The predicted molar refractivity (Wildman–Crippen MR) is 96.3 cm³/mol. The molecular weight excluding hydrogens is 298 g/mol. The summed E-state index contributed by atoms with van der Waals surface area (Å²) in [4.78, 5) is 13.1. The molecule has 1 aliphatic rings. The zero-order chi connectivity index (χ0) is 17.1. The number of aryl methyl sites for hydroxylation is 2. The van der Waals surface area contributed by atoms with E-state index in [1.165, 1.54) is 0 Å². The van der Waals surface area contributed by atoms with Gasteiger partial charge in [0.25, 0.3) is 0 Å². The number of hydrogen-bond donors (Lipinski definition) is 1. The van der Waals surface area contributed by atoms with Crippen molar-refractivity contribution in [2.75, 3.05) is 7.05 Å². The van der Waals surface area contributed by atoms with Gasteiger partial charge in [-0.2, -0.15) is 0 Å². The Balaban J connectivity index is 2.53. The molecule has 1 aliphatic heterocycles. The van der Waals surface area contributed by atoms with E-state index in [0.717, 1.165) is 22.0 Å². The van der Waals surface area contributed by atoms with Crippen molar-refractivity contribution >= 4 is 5.96 Å². The number of nitrogens with zero attached hydrogens (tertiary/aromatic N) is 3. The molecule has 1 heterocycles. The zero-order valence-corrected chi connectivity index (χ0v) is 14.0. The number of hydrogen-bond acceptors (Lipinski definition) is 2. The van der Waals surface area contributed by atoms with Gasteiger partial charge in [-0.3, -0.25) is 4.99 Å². The standard InChI is InChI=1S/C20H19N3O/c1-13-9-11-15(12-10-13)17-16(24)8-6-4-5-7-14(2)18-19(17)23-20(21-3)22-18/h4-12,24H,1-3H3. The van der Waals surface area contributed by atoms with Crippen LogP contribution >= 0.6 is 0 Å². The van der Waals surface area contributed by atoms with Gasteiger partial charge in [-0.1, -0.05) is 54.1 Å². The Morgan fingerprint density at radius 1 is 0.833 bits per heavy atom. The molecule has 0 amide bonds. The molecule has 0 fully saturated rings. The molecule has 2 aromatic carbocycles. The van der Waals surface area contributed by atoms with E-state index >= 15 is 0 Å². The van der Waals surface area contributed by atoms with Crippen LogP contribution in [0.3, 0.4) is 0 Å². The van der Waals surface area contributed by atoms with Crippen LogP contribution in [0.25, 0.3) is 11.1 Å². The highest BCUT2D eigenvalue weighted by molar-refractivity contribution is 5.84. The lowest BCUT2D eigenvalue weighted by molar-refractivity contribution is 0.477. The van der Waals surface area contributed by atoms with Gasteiger partial charge in [-0.05, 0) is 31.0 Å². The van der Waals surface area contributed by atoms with Crippen LogP contribution in [0.2, 0.25) is 0 Å². The van der Waals surface area contributed by atoms with Crippen molar-refractivity contribution in [2.45, 2.75) is 13.8 Å². The van der Waals surface area contributed by atoms with E-state index in [1.54, 1.807) is 19.2 Å². The lowest BCUT2D eigenvalue weighted by atomic mass is 10.0. The van der Waals surface area contributed by atoms with Gasteiger partial charge in [-0.25, -0.2) is 9.98 Å². The lowest BCUT2D eigenvalue weighted by Crippen LogP contribution is -2.25. The van der Waals surface area contributed by atoms with Gasteiger partial charge in [0.05, 0.1) is 10.9 Å². The van der Waals surface area contributed by atoms with Crippen LogP contribution in [0.15, 0.2) is 69.6 Å². The average Bonchev–Trinajstić information content (AvgIpc) is 3.00. The maximum Gasteiger partial charge on any atom is 0.245 e. The highest BCUT2D eigenvalue weighted by atomic mass is 16.3. The Labute approximate surface area is 140 Å². The topological polar surface area (TPSA) is 57.3 Å². The van der Waals surface area contributed by atoms with Gasteiger partial charge in [0.1, 0.15) is 11.1 Å². The van der Waals surface area contributed by atoms with Crippen molar-refractivity contribution in [1.82, 2.24) is 0 Å². The van der Waals surface area contributed by atoms with Gasteiger partial charge in [-0.15, -0.1) is 0 Å². The summed E-state index contributed by atoms with van der Waals surface area (Å²) in [5.74, 6) is 0.569. The Hall–Kier alpha value is -3.01. The van der Waals surface area contributed by atoms with Crippen molar-refractivity contribution in [3.05, 3.63) is 76.4 Å². The van der Waals surface area contributed by atoms with Gasteiger partial charge >= 0.3 is 0 Å². The second kappa shape index (κ2) is 6.62. The molecule has 0 atom stereocenters. The molecule has 0 unspecified atom stereocenters. The van der Waals surface area contributed by atoms with Crippen LogP contribution in [-0.2, 0) is 0 Å². The van der Waals surface area contributed by atoms with Crippen molar-refractivity contribution in [2.24, 2.45) is 15.0 Å². The molecule has 0 saturated carbocycles. The molecule has 4 heteroatoms. The first kappa shape index (κ1) is 15.9. The first-order valence-corrected chi connectivity index (χ1v) is 7.77. The molecule has 0 saturated heterocycles. The monoisotopic (exact) mass is 317 g/mol. The maximum atomic E-state index is 10.7. The van der Waals surface area contributed by atoms with E-state index in [0.29, 0.717) is 16.9 Å². The third-order valence-corrected chi connectivity index (χ3v) is 3.88. The van der Waals surface area contributed by atoms with Gasteiger partial charge in [0.2, 0.25) is 5.96 Å². The van der Waals surface area contributed by atoms with Gasteiger partial charge in [0, 0.05) is 7.05 Å². The Kier molecular flexibility index (Phi) is 4.38. The Morgan fingerprint density at radius 3 is 2.21 bits per heavy atom. The van der Waals surface area contributed by atoms with Crippen LogP contribution in [0.1, 0.15) is 11.1 Å². The quantitative estimate of drug-likeness (QED) is 0.863. The molecule has 0 aromatic heterocycles. The summed E-state index contributed by atoms with van der Waals surface area (Å²) >= 11 is 0. The van der Waals surface area contributed by atoms with Crippen molar-refractivity contribution < 1.29 is 5.11 Å². The van der Waals surface area contributed by atoms with Gasteiger partial charge in [0.15, 0.2) is 0 Å². The van der Waals surface area contributed by atoms with E-state index < -0.39 is 0 Å². The number of aromatic hydroxyl groups is 1. The van der Waals surface area contributed by atoms with Crippen molar-refractivity contribution in [1.29, 1.82) is 0 Å². The van der Waals surface area contributed by atoms with E-state index in [2.05, 4.69) is 15.0 Å². The second-order valence-electron chi connectivity index (χ2n) is 5.66. The van der Waals surface area contributed by atoms with E-state index in [1.807, 2.05) is 56.3 Å². The van der Waals surface area contributed by atoms with Crippen LogP contribution in [0.5, 0.6) is 5.75 Å². The van der Waals surface area contributed by atoms with E-state index in [-0.39, 0.29) is 5.75 Å². The normalized spacial score (nSPS) is 13.7. The van der Waals surface area contributed by atoms with Crippen LogP contribution < -0.4 is 10.7 Å². The summed E-state index contributed by atoms with van der Waals surface area (Å²) in [6.45, 7) is 4.01. The second-order valence-corrected chi connectivity index (χ2v) is 5.66. The van der Waals surface area contributed by atoms with Crippen molar-refractivity contribution in [3.8, 4) is 16.9 Å². The summed E-state index contributed by atoms with van der Waals surface area (Å²) in [6, 6.07) is 17.2. The fourth-order valence-electron chi connectivity index (χ4n) is 2.58. The first-order chi connectivity index (χ1) is 11.6. The fraction of sp³-hybridized carbons (Fsp3) is 0.150. The van der Waals surface area contributed by atoms with Crippen LogP contribution in [0.4, 0.5) is 0 Å². The number of benzene rings is 1. The molecule has 0 aliphatic carbocycles. The smallest absolute Gasteiger partial charge is 0.245 e. The molecule has 0 spiro atoms. The predicted octanol–water partition coefficient (Wildman–Crippen LogP) is 3.04. The summed E-state index contributed by atoms with van der Waals surface area (Å²) in [5.41, 5.74) is 3.68. The number of guanidine groups is 1. The molecule has 0 bridgehead atoms. The van der Waals surface area contributed by atoms with E-state index in [4.69, 9.17) is 0 Å². The molecular formula is C20H19N3O. The first-order valence-electron chi connectivity index (χ1n) is 7.77. The molecule has 0 radical (unpaired) electrons. The zero-order valence-electron chi connectivity index (χ0n) is 14.0. The molecule has 24 heavy (non-hydrogen) atoms. The molecule has 2 aromatic rings. The summed E-state index contributed by atoms with van der Waals surface area (Å²) < 4.78 is 0. The highest BCUT2D eigenvalue weighted by Crippen LogP contribution is 2.24. The number of rotatable bonds is 1. The summed E-state index contributed by atoms with van der Waals surface area (Å²) in [6.07, 6.45) is 0. The minimum Gasteiger partial charge on any atom is -0.507 e. The van der Waals surface area contributed by atoms with Crippen molar-refractivity contribution in [3.63, 3.8) is 0 Å². The SMILES string of the molecule is CN=C1N=c2c(C)cccccc(O)c(-c3ccc(C)cc3)c2=N1. The number of aliphatic imine (C=N–C) groups is 1. The largest absolute Gasteiger partial charge is 0.507 e. The fourth-order valence-corrected chi connectivity index (χ4v) is 2.58. The maximum absolute atomic E-state index is 10.7. The molecule has 1 N–H and O–H groups in total. The van der Waals surface area contributed by atoms with Gasteiger partial charge < -0.3 is 5.11 Å². The third-order valence-electron chi connectivity index (χ3n) is 3.88. The lowest BCUT2D eigenvalue weighted by Gasteiger charge is -2.04. The van der Waals surface area contributed by atoms with E-state index in [9.17, 15) is 5.11 Å². The minimum atomic E-state index is 0.155. The molecule has 120 valence electrons. The minimum absolute atomic E-state index is 0.155. The Morgan fingerprint density at radius 2 is 1.50 bits per heavy atom.